The normalized spacial score (nSPS) is 18.2. The predicted molar refractivity (Wildman–Crippen MR) is 166 cm³/mol. The number of hydrogen-bond donors (Lipinski definition) is 2. The van der Waals surface area contributed by atoms with Gasteiger partial charge in [0.2, 0.25) is 10.0 Å². The van der Waals surface area contributed by atoms with Crippen LogP contribution in [0.1, 0.15) is 33.1 Å². The third-order valence-corrected chi connectivity index (χ3v) is 9.31. The number of amides is 2. The maximum atomic E-state index is 13.7. The summed E-state index contributed by atoms with van der Waals surface area (Å²) in [5, 5.41) is 14.4. The third kappa shape index (κ3) is 8.19. The van der Waals surface area contributed by atoms with Gasteiger partial charge in [0.1, 0.15) is 11.5 Å². The van der Waals surface area contributed by atoms with E-state index in [0.29, 0.717) is 17.2 Å². The molecule has 2 aliphatic rings. The van der Waals surface area contributed by atoms with Gasteiger partial charge in [0.25, 0.3) is 5.91 Å². The second kappa shape index (κ2) is 14.7. The molecule has 1 fully saturated rings. The largest absolute Gasteiger partial charge is 0.497 e. The van der Waals surface area contributed by atoms with Crippen molar-refractivity contribution < 1.29 is 37.3 Å². The Balaban J connectivity index is 1.53. The van der Waals surface area contributed by atoms with Gasteiger partial charge in [-0.1, -0.05) is 37.6 Å². The lowest BCUT2D eigenvalue weighted by Gasteiger charge is -2.31. The molecule has 44 heavy (non-hydrogen) atoms. The number of rotatable bonds is 14. The number of benzene rings is 2. The summed E-state index contributed by atoms with van der Waals surface area (Å²) in [6, 6.07) is 12.0. The third-order valence-electron chi connectivity index (χ3n) is 7.46. The number of aliphatic hydroxyl groups is 1. The second-order valence-electron chi connectivity index (χ2n) is 11.2. The van der Waals surface area contributed by atoms with Crippen molar-refractivity contribution in [2.45, 2.75) is 56.3 Å². The van der Waals surface area contributed by atoms with Crippen molar-refractivity contribution in [1.82, 2.24) is 9.62 Å². The Morgan fingerprint density at radius 2 is 1.68 bits per heavy atom. The average molecular weight is 628 g/mol. The topological polar surface area (TPSA) is 135 Å². The number of sulfonamides is 1. The summed E-state index contributed by atoms with van der Waals surface area (Å²) in [5.74, 6) is 0.537. The van der Waals surface area contributed by atoms with E-state index in [9.17, 15) is 23.1 Å². The number of carbonyl (C=O) groups excluding carboxylic acids is 2. The van der Waals surface area contributed by atoms with Crippen LogP contribution in [0.4, 0.5) is 10.5 Å². The van der Waals surface area contributed by atoms with E-state index in [1.54, 1.807) is 43.5 Å². The van der Waals surface area contributed by atoms with Crippen LogP contribution in [0.5, 0.6) is 11.5 Å². The Kier molecular flexibility index (Phi) is 11.1. The highest BCUT2D eigenvalue weighted by Crippen LogP contribution is 2.26. The zero-order valence-corrected chi connectivity index (χ0v) is 26.3. The fourth-order valence-corrected chi connectivity index (χ4v) is 6.74. The summed E-state index contributed by atoms with van der Waals surface area (Å²) in [6.45, 7) is 3.67. The van der Waals surface area contributed by atoms with Crippen LogP contribution in [0.15, 0.2) is 77.2 Å². The van der Waals surface area contributed by atoms with Crippen molar-refractivity contribution in [2.24, 2.45) is 5.92 Å². The molecule has 3 atom stereocenters. The maximum Gasteiger partial charge on any atom is 0.415 e. The van der Waals surface area contributed by atoms with E-state index in [-0.39, 0.29) is 36.9 Å². The molecule has 0 radical (unpaired) electrons. The molecule has 4 rings (SSSR count). The highest BCUT2D eigenvalue weighted by Gasteiger charge is 2.39. The molecule has 1 aliphatic carbocycles. The molecular weight excluding hydrogens is 586 g/mol. The molecule has 2 N–H and O–H groups in total. The zero-order valence-electron chi connectivity index (χ0n) is 25.5. The van der Waals surface area contributed by atoms with Crippen molar-refractivity contribution in [3.05, 3.63) is 72.3 Å². The first kappa shape index (κ1) is 33.0. The van der Waals surface area contributed by atoms with Gasteiger partial charge >= 0.3 is 6.09 Å². The second-order valence-corrected chi connectivity index (χ2v) is 13.2. The van der Waals surface area contributed by atoms with E-state index in [0.717, 1.165) is 18.4 Å². The smallest absolute Gasteiger partial charge is 0.415 e. The van der Waals surface area contributed by atoms with Crippen LogP contribution >= 0.6 is 0 Å². The molecule has 0 aromatic heterocycles. The van der Waals surface area contributed by atoms with E-state index in [2.05, 4.69) is 5.32 Å². The van der Waals surface area contributed by atoms with E-state index in [1.165, 1.54) is 28.4 Å². The fraction of sp³-hybridized carbons (Fsp3) is 0.438. The highest BCUT2D eigenvalue weighted by atomic mass is 32.2. The number of carbonyl (C=O) groups is 2. The number of anilines is 1. The Morgan fingerprint density at radius 3 is 2.25 bits per heavy atom. The molecule has 12 heteroatoms. The number of cyclic esters (lactones) is 1. The van der Waals surface area contributed by atoms with Gasteiger partial charge in [0, 0.05) is 18.8 Å². The molecule has 2 amide bonds. The Morgan fingerprint density at radius 1 is 1.05 bits per heavy atom. The summed E-state index contributed by atoms with van der Waals surface area (Å²) in [5.41, 5.74) is 1.46. The van der Waals surface area contributed by atoms with E-state index in [1.807, 2.05) is 32.1 Å². The number of nitrogens with one attached hydrogen (secondary N) is 1. The molecule has 0 saturated carbocycles. The van der Waals surface area contributed by atoms with Gasteiger partial charge in [-0.3, -0.25) is 9.69 Å². The Labute approximate surface area is 259 Å². The monoisotopic (exact) mass is 627 g/mol. The summed E-state index contributed by atoms with van der Waals surface area (Å²) in [6.07, 6.45) is 4.93. The van der Waals surface area contributed by atoms with Crippen LogP contribution in [0.3, 0.4) is 0 Å². The first-order valence-corrected chi connectivity index (χ1v) is 16.1. The van der Waals surface area contributed by atoms with Crippen molar-refractivity contribution in [2.75, 3.05) is 38.8 Å². The van der Waals surface area contributed by atoms with Crippen LogP contribution in [0.25, 0.3) is 0 Å². The lowest BCUT2D eigenvalue weighted by atomic mass is 9.96. The van der Waals surface area contributed by atoms with Crippen molar-refractivity contribution in [1.29, 1.82) is 0 Å². The predicted octanol–water partition coefficient (Wildman–Crippen LogP) is 3.89. The van der Waals surface area contributed by atoms with Gasteiger partial charge in [-0.2, -0.15) is 4.31 Å². The molecule has 1 heterocycles. The molecule has 0 spiro atoms. The molecular formula is C32H41N3O8S. The van der Waals surface area contributed by atoms with Crippen LogP contribution in [0, 0.1) is 5.92 Å². The van der Waals surface area contributed by atoms with Gasteiger partial charge in [-0.15, -0.1) is 0 Å². The molecule has 1 aliphatic heterocycles. The number of allylic oxidation sites excluding steroid dienone is 3. The van der Waals surface area contributed by atoms with Crippen LogP contribution < -0.4 is 19.7 Å². The first-order valence-electron chi connectivity index (χ1n) is 14.6. The van der Waals surface area contributed by atoms with E-state index >= 15 is 0 Å². The lowest BCUT2D eigenvalue weighted by molar-refractivity contribution is -0.129. The summed E-state index contributed by atoms with van der Waals surface area (Å²) in [4.78, 5) is 27.5. The standard InChI is InChI=1S/C32H41N3O8S/c1-22(2)19-34(44(39,40)27-16-14-26(42-4)15-17-27)20-29(36)28(18-23-8-6-5-7-9-23)33-31(37)30-21-35(32(38)43-30)24-10-12-25(41-3)13-11-24/h6,8-17,22,28-30,36H,5,7,18-21H2,1-4H3,(H,33,37)/t28-,29+,30-/m0/s1. The molecule has 2 aromatic carbocycles. The minimum Gasteiger partial charge on any atom is -0.497 e. The molecule has 238 valence electrons. The molecule has 1 saturated heterocycles. The van der Waals surface area contributed by atoms with E-state index in [4.69, 9.17) is 14.2 Å². The minimum atomic E-state index is -3.99. The van der Waals surface area contributed by atoms with Gasteiger partial charge in [0.05, 0.1) is 37.8 Å². The van der Waals surface area contributed by atoms with Crippen LogP contribution in [-0.4, -0.2) is 81.9 Å². The molecule has 11 nitrogen and oxygen atoms in total. The number of methoxy groups -OCH3 is 2. The summed E-state index contributed by atoms with van der Waals surface area (Å²) >= 11 is 0. The van der Waals surface area contributed by atoms with Gasteiger partial charge < -0.3 is 24.6 Å². The summed E-state index contributed by atoms with van der Waals surface area (Å²) < 4.78 is 44.4. The first-order chi connectivity index (χ1) is 21.0. The summed E-state index contributed by atoms with van der Waals surface area (Å²) in [7, 11) is -0.945. The van der Waals surface area contributed by atoms with Crippen molar-refractivity contribution >= 4 is 27.7 Å². The minimum absolute atomic E-state index is 0.0201. The molecule has 2 aromatic rings. The van der Waals surface area contributed by atoms with Crippen LogP contribution in [0.2, 0.25) is 0 Å². The van der Waals surface area contributed by atoms with Gasteiger partial charge in [-0.25, -0.2) is 13.2 Å². The molecule has 0 bridgehead atoms. The SMILES string of the molecule is COc1ccc(N2C[C@@H](C(=O)N[C@@H](CC3=CCCC=C3)[C@H](O)CN(CC(C)C)S(=O)(=O)c3ccc(OC)cc3)OC2=O)cc1. The van der Waals surface area contributed by atoms with E-state index < -0.39 is 40.3 Å². The van der Waals surface area contributed by atoms with Gasteiger partial charge in [-0.05, 0) is 73.7 Å². The van der Waals surface area contributed by atoms with Crippen molar-refractivity contribution in [3.63, 3.8) is 0 Å². The van der Waals surface area contributed by atoms with Crippen LogP contribution in [-0.2, 0) is 19.6 Å². The highest BCUT2D eigenvalue weighted by molar-refractivity contribution is 7.89. The Bertz CT molecular complexity index is 1460. The molecule has 0 unspecified atom stereocenters. The maximum absolute atomic E-state index is 13.7. The van der Waals surface area contributed by atoms with Gasteiger partial charge in [0.15, 0.2) is 6.10 Å². The lowest BCUT2D eigenvalue weighted by Crippen LogP contribution is -2.52. The number of hydrogen-bond acceptors (Lipinski definition) is 8. The Hall–Kier alpha value is -3.87. The van der Waals surface area contributed by atoms with Crippen molar-refractivity contribution in [3.8, 4) is 11.5 Å². The number of ether oxygens (including phenoxy) is 3. The fourth-order valence-electron chi connectivity index (χ4n) is 5.12. The average Bonchev–Trinajstić information content (AvgIpc) is 3.42. The number of aliphatic hydroxyl groups excluding tert-OH is 1. The quantitative estimate of drug-likeness (QED) is 0.322. The number of nitrogens with zero attached hydrogens (tertiary/aromatic N) is 2. The zero-order chi connectivity index (χ0) is 31.9.